The van der Waals surface area contributed by atoms with Crippen LogP contribution in [0.2, 0.25) is 0 Å². The van der Waals surface area contributed by atoms with Gasteiger partial charge in [0.1, 0.15) is 0 Å². The molecule has 0 aliphatic heterocycles. The van der Waals surface area contributed by atoms with Crippen molar-refractivity contribution in [3.8, 4) is 0 Å². The van der Waals surface area contributed by atoms with Gasteiger partial charge in [-0.3, -0.25) is 4.79 Å². The molecule has 4 aromatic rings. The molecule has 0 spiro atoms. The molecule has 1 unspecified atom stereocenters. The van der Waals surface area contributed by atoms with E-state index in [-0.39, 0.29) is 11.9 Å². The van der Waals surface area contributed by atoms with Crippen LogP contribution in [0, 0.1) is 20.8 Å². The maximum Gasteiger partial charge on any atom is 0.252 e. The van der Waals surface area contributed by atoms with E-state index in [9.17, 15) is 4.79 Å². The van der Waals surface area contributed by atoms with E-state index in [2.05, 4.69) is 60.8 Å². The molecule has 0 aromatic heterocycles. The first-order valence-electron chi connectivity index (χ1n) is 9.94. The van der Waals surface area contributed by atoms with Crippen molar-refractivity contribution in [3.05, 3.63) is 118 Å². The summed E-state index contributed by atoms with van der Waals surface area (Å²) in [4.78, 5) is 13.2. The van der Waals surface area contributed by atoms with Crippen LogP contribution in [0.25, 0.3) is 10.8 Å². The lowest BCUT2D eigenvalue weighted by Crippen LogP contribution is -2.30. The Morgan fingerprint density at radius 2 is 1.38 bits per heavy atom. The summed E-state index contributed by atoms with van der Waals surface area (Å²) in [5.41, 5.74) is 6.23. The maximum absolute atomic E-state index is 13.2. The molecule has 4 rings (SSSR count). The summed E-state index contributed by atoms with van der Waals surface area (Å²) < 4.78 is 0. The topological polar surface area (TPSA) is 29.1 Å². The molecule has 1 N–H and O–H groups in total. The maximum atomic E-state index is 13.2. The predicted octanol–water partition coefficient (Wildman–Crippen LogP) is 6.28. The third-order valence-electron chi connectivity index (χ3n) is 5.37. The van der Waals surface area contributed by atoms with E-state index >= 15 is 0 Å². The van der Waals surface area contributed by atoms with Crippen LogP contribution in [-0.4, -0.2) is 5.91 Å². The average Bonchev–Trinajstić information content (AvgIpc) is 2.71. The summed E-state index contributed by atoms with van der Waals surface area (Å²) in [5, 5.41) is 5.65. The Kier molecular flexibility index (Phi) is 5.18. The summed E-state index contributed by atoms with van der Waals surface area (Å²) in [7, 11) is 0. The smallest absolute Gasteiger partial charge is 0.252 e. The van der Waals surface area contributed by atoms with Gasteiger partial charge in [-0.15, -0.1) is 0 Å². The van der Waals surface area contributed by atoms with E-state index in [1.807, 2.05) is 50.2 Å². The number of amides is 1. The molecule has 1 amide bonds. The first kappa shape index (κ1) is 18.9. The van der Waals surface area contributed by atoms with Gasteiger partial charge in [-0.25, -0.2) is 0 Å². The van der Waals surface area contributed by atoms with Gasteiger partial charge in [-0.1, -0.05) is 77.9 Å². The van der Waals surface area contributed by atoms with Crippen LogP contribution in [0.3, 0.4) is 0 Å². The molecule has 2 nitrogen and oxygen atoms in total. The summed E-state index contributed by atoms with van der Waals surface area (Å²) in [6, 6.07) is 28.7. The van der Waals surface area contributed by atoms with E-state index in [1.54, 1.807) is 0 Å². The van der Waals surface area contributed by atoms with Crippen LogP contribution in [0.5, 0.6) is 0 Å². The molecule has 0 heterocycles. The first-order chi connectivity index (χ1) is 14.0. The van der Waals surface area contributed by atoms with Crippen LogP contribution in [0.4, 0.5) is 0 Å². The minimum atomic E-state index is -0.214. The lowest BCUT2D eigenvalue weighted by atomic mass is 9.93. The normalized spacial score (nSPS) is 12.0. The molecule has 0 fully saturated rings. The summed E-state index contributed by atoms with van der Waals surface area (Å²) in [5.74, 6) is -0.0572. The highest BCUT2D eigenvalue weighted by atomic mass is 16.1. The van der Waals surface area contributed by atoms with Gasteiger partial charge in [-0.2, -0.15) is 0 Å². The van der Waals surface area contributed by atoms with E-state index in [0.717, 1.165) is 27.8 Å². The van der Waals surface area contributed by atoms with Crippen molar-refractivity contribution in [1.29, 1.82) is 0 Å². The third-order valence-corrected chi connectivity index (χ3v) is 5.37. The van der Waals surface area contributed by atoms with Crippen LogP contribution in [0.15, 0.2) is 84.9 Å². The number of fused-ring (bicyclic) bond motifs is 1. The zero-order valence-electron chi connectivity index (χ0n) is 17.1. The highest BCUT2D eigenvalue weighted by Gasteiger charge is 2.20. The molecular formula is C27H25NO. The fourth-order valence-electron chi connectivity index (χ4n) is 3.96. The van der Waals surface area contributed by atoms with Gasteiger partial charge in [0.15, 0.2) is 0 Å². The standard InChI is InChI=1S/C27H25NO/c1-18-14-19(2)16-24(15-18)27(29)28-26(25-11-7-4-8-20(25)3)23-13-12-21-9-5-6-10-22(21)17-23/h4-17,26H,1-3H3,(H,28,29). The number of carbonyl (C=O) groups is 1. The van der Waals surface area contributed by atoms with Gasteiger partial charge in [0.05, 0.1) is 6.04 Å². The van der Waals surface area contributed by atoms with E-state index in [1.165, 1.54) is 10.8 Å². The fourth-order valence-corrected chi connectivity index (χ4v) is 3.96. The Morgan fingerprint density at radius 1 is 0.724 bits per heavy atom. The minimum absolute atomic E-state index is 0.0572. The second kappa shape index (κ2) is 7.92. The van der Waals surface area contributed by atoms with Crippen molar-refractivity contribution in [2.24, 2.45) is 0 Å². The summed E-state index contributed by atoms with van der Waals surface area (Å²) >= 11 is 0. The fraction of sp³-hybridized carbons (Fsp3) is 0.148. The third kappa shape index (κ3) is 4.07. The Balaban J connectivity index is 1.78. The highest BCUT2D eigenvalue weighted by molar-refractivity contribution is 5.95. The van der Waals surface area contributed by atoms with E-state index in [0.29, 0.717) is 5.56 Å². The van der Waals surface area contributed by atoms with E-state index in [4.69, 9.17) is 0 Å². The van der Waals surface area contributed by atoms with Crippen molar-refractivity contribution < 1.29 is 4.79 Å². The molecule has 0 saturated heterocycles. The second-order valence-electron chi connectivity index (χ2n) is 7.75. The Morgan fingerprint density at radius 3 is 2.10 bits per heavy atom. The SMILES string of the molecule is Cc1cc(C)cc(C(=O)NC(c2ccc3ccccc3c2)c2ccccc2C)c1. The number of carbonyl (C=O) groups excluding carboxylic acids is 1. The number of nitrogens with one attached hydrogen (secondary N) is 1. The van der Waals surface area contributed by atoms with Crippen molar-refractivity contribution in [1.82, 2.24) is 5.32 Å². The van der Waals surface area contributed by atoms with Crippen LogP contribution >= 0.6 is 0 Å². The van der Waals surface area contributed by atoms with Gasteiger partial charge >= 0.3 is 0 Å². The zero-order chi connectivity index (χ0) is 20.4. The largest absolute Gasteiger partial charge is 0.341 e. The number of hydrogen-bond acceptors (Lipinski definition) is 1. The monoisotopic (exact) mass is 379 g/mol. The first-order valence-corrected chi connectivity index (χ1v) is 9.94. The van der Waals surface area contributed by atoms with Gasteiger partial charge in [0.25, 0.3) is 5.91 Å². The van der Waals surface area contributed by atoms with Gasteiger partial charge in [0.2, 0.25) is 0 Å². The Hall–Kier alpha value is -3.39. The Bertz CT molecular complexity index is 1170. The van der Waals surface area contributed by atoms with Crippen molar-refractivity contribution in [2.45, 2.75) is 26.8 Å². The lowest BCUT2D eigenvalue weighted by molar-refractivity contribution is 0.0942. The number of rotatable bonds is 4. The summed E-state index contributed by atoms with van der Waals surface area (Å²) in [6.07, 6.45) is 0. The highest BCUT2D eigenvalue weighted by Crippen LogP contribution is 2.28. The second-order valence-corrected chi connectivity index (χ2v) is 7.75. The average molecular weight is 380 g/mol. The molecule has 144 valence electrons. The minimum Gasteiger partial charge on any atom is -0.341 e. The summed E-state index contributed by atoms with van der Waals surface area (Å²) in [6.45, 7) is 6.13. The number of aryl methyl sites for hydroxylation is 3. The lowest BCUT2D eigenvalue weighted by Gasteiger charge is -2.22. The van der Waals surface area contributed by atoms with Gasteiger partial charge in [0, 0.05) is 5.56 Å². The molecule has 0 bridgehead atoms. The molecule has 4 aromatic carbocycles. The zero-order valence-corrected chi connectivity index (χ0v) is 17.1. The van der Waals surface area contributed by atoms with E-state index < -0.39 is 0 Å². The van der Waals surface area contributed by atoms with Gasteiger partial charge < -0.3 is 5.32 Å². The molecule has 2 heteroatoms. The molecule has 0 radical (unpaired) electrons. The Labute approximate surface area is 172 Å². The van der Waals surface area contributed by atoms with Crippen LogP contribution < -0.4 is 5.32 Å². The van der Waals surface area contributed by atoms with Gasteiger partial charge in [-0.05, 0) is 66.4 Å². The molecular weight excluding hydrogens is 354 g/mol. The molecule has 29 heavy (non-hydrogen) atoms. The molecule has 0 saturated carbocycles. The molecule has 0 aliphatic carbocycles. The van der Waals surface area contributed by atoms with Crippen molar-refractivity contribution in [3.63, 3.8) is 0 Å². The predicted molar refractivity (Wildman–Crippen MR) is 120 cm³/mol. The number of benzene rings is 4. The van der Waals surface area contributed by atoms with Crippen molar-refractivity contribution in [2.75, 3.05) is 0 Å². The molecule has 0 aliphatic rings. The quantitative estimate of drug-likeness (QED) is 0.444. The number of hydrogen-bond donors (Lipinski definition) is 1. The van der Waals surface area contributed by atoms with Crippen LogP contribution in [0.1, 0.15) is 44.2 Å². The van der Waals surface area contributed by atoms with Crippen LogP contribution in [-0.2, 0) is 0 Å². The molecule has 1 atom stereocenters. The van der Waals surface area contributed by atoms with Crippen molar-refractivity contribution >= 4 is 16.7 Å².